The molecule has 0 saturated carbocycles. The number of anilines is 1. The molecule has 1 aliphatic heterocycles. The van der Waals surface area contributed by atoms with Crippen molar-refractivity contribution in [3.8, 4) is 17.2 Å². The number of carbonyl (C=O) groups is 1. The molecule has 28 heavy (non-hydrogen) atoms. The van der Waals surface area contributed by atoms with Crippen LogP contribution >= 0.6 is 0 Å². The lowest BCUT2D eigenvalue weighted by atomic mass is 10.2. The molecule has 1 aliphatic rings. The largest absolute Gasteiger partial charge is 0.490 e. The molecule has 0 spiro atoms. The number of carbonyl (C=O) groups excluding carboxylic acids is 1. The van der Waals surface area contributed by atoms with E-state index < -0.39 is 0 Å². The number of rotatable bonds is 8. The second-order valence-corrected chi connectivity index (χ2v) is 6.81. The summed E-state index contributed by atoms with van der Waals surface area (Å²) in [7, 11) is 2.00. The van der Waals surface area contributed by atoms with Gasteiger partial charge < -0.3 is 24.4 Å². The van der Waals surface area contributed by atoms with E-state index in [2.05, 4.69) is 11.9 Å². The molecule has 1 unspecified atom stereocenters. The van der Waals surface area contributed by atoms with E-state index in [1.54, 1.807) is 6.08 Å². The van der Waals surface area contributed by atoms with Crippen LogP contribution in [0.15, 0.2) is 55.1 Å². The van der Waals surface area contributed by atoms with Crippen molar-refractivity contribution in [2.75, 3.05) is 38.7 Å². The molecule has 0 radical (unpaired) electrons. The minimum Gasteiger partial charge on any atom is -0.490 e. The Labute approximate surface area is 165 Å². The number of quaternary nitrogens is 1. The number of ether oxygens (including phenoxy) is 3. The summed E-state index contributed by atoms with van der Waals surface area (Å²) in [6, 6.07) is 13.4. The van der Waals surface area contributed by atoms with Crippen molar-refractivity contribution < 1.29 is 23.9 Å². The average Bonchev–Trinajstić information content (AvgIpc) is 2.92. The van der Waals surface area contributed by atoms with Gasteiger partial charge in [0.25, 0.3) is 5.91 Å². The third-order valence-electron chi connectivity index (χ3n) is 4.29. The summed E-state index contributed by atoms with van der Waals surface area (Å²) in [6.45, 7) is 6.50. The minimum absolute atomic E-state index is 0.0436. The van der Waals surface area contributed by atoms with E-state index in [-0.39, 0.29) is 5.91 Å². The van der Waals surface area contributed by atoms with Gasteiger partial charge in [-0.25, -0.2) is 0 Å². The van der Waals surface area contributed by atoms with Crippen molar-refractivity contribution in [3.05, 3.63) is 60.7 Å². The van der Waals surface area contributed by atoms with Crippen LogP contribution in [0, 0.1) is 0 Å². The summed E-state index contributed by atoms with van der Waals surface area (Å²) in [5.41, 5.74) is 1.86. The first-order valence-electron chi connectivity index (χ1n) is 9.47. The van der Waals surface area contributed by atoms with Crippen LogP contribution in [0.2, 0.25) is 0 Å². The smallest absolute Gasteiger partial charge is 0.279 e. The van der Waals surface area contributed by atoms with Gasteiger partial charge in [-0.15, -0.1) is 0 Å². The molecule has 148 valence electrons. The van der Waals surface area contributed by atoms with Crippen molar-refractivity contribution in [3.63, 3.8) is 0 Å². The molecular weight excluding hydrogens is 356 g/mol. The first kappa shape index (κ1) is 19.8. The second kappa shape index (κ2) is 9.80. The van der Waals surface area contributed by atoms with Gasteiger partial charge in [-0.2, -0.15) is 0 Å². The van der Waals surface area contributed by atoms with Gasteiger partial charge in [-0.3, -0.25) is 4.79 Å². The van der Waals surface area contributed by atoms with Gasteiger partial charge in [0.05, 0.1) is 20.3 Å². The molecule has 3 rings (SSSR count). The second-order valence-electron chi connectivity index (χ2n) is 6.81. The number of benzene rings is 2. The zero-order valence-corrected chi connectivity index (χ0v) is 16.2. The lowest BCUT2D eigenvalue weighted by Crippen LogP contribution is -3.08. The van der Waals surface area contributed by atoms with E-state index in [0.717, 1.165) is 34.9 Å². The number of amides is 1. The van der Waals surface area contributed by atoms with Crippen LogP contribution in [0.3, 0.4) is 0 Å². The van der Waals surface area contributed by atoms with Crippen LogP contribution < -0.4 is 24.4 Å². The van der Waals surface area contributed by atoms with E-state index in [1.165, 1.54) is 0 Å². The molecule has 2 aromatic carbocycles. The summed E-state index contributed by atoms with van der Waals surface area (Å²) in [4.78, 5) is 13.5. The SMILES string of the molecule is C=CCOc1ccc(C[NH+](C)CC(=O)Nc2ccc3c(c2)OCCCO3)cc1. The molecule has 2 aromatic rings. The fourth-order valence-corrected chi connectivity index (χ4v) is 2.99. The lowest BCUT2D eigenvalue weighted by Gasteiger charge is -2.15. The van der Waals surface area contributed by atoms with Crippen LogP contribution in [0.5, 0.6) is 17.2 Å². The molecule has 1 heterocycles. The highest BCUT2D eigenvalue weighted by Gasteiger charge is 2.14. The summed E-state index contributed by atoms with van der Waals surface area (Å²) in [5, 5.41) is 2.94. The molecule has 6 nitrogen and oxygen atoms in total. The maximum atomic E-state index is 12.4. The van der Waals surface area contributed by atoms with Crippen molar-refractivity contribution in [1.82, 2.24) is 0 Å². The number of hydrogen-bond acceptors (Lipinski definition) is 4. The zero-order valence-electron chi connectivity index (χ0n) is 16.2. The lowest BCUT2D eigenvalue weighted by molar-refractivity contribution is -0.885. The summed E-state index contributed by atoms with van der Waals surface area (Å²) >= 11 is 0. The third-order valence-corrected chi connectivity index (χ3v) is 4.29. The third kappa shape index (κ3) is 5.76. The summed E-state index contributed by atoms with van der Waals surface area (Å²) in [5.74, 6) is 2.17. The van der Waals surface area contributed by atoms with Crippen LogP contribution in [0.25, 0.3) is 0 Å². The molecular formula is C22H27N2O4+. The fraction of sp³-hybridized carbons (Fsp3) is 0.318. The number of likely N-dealkylation sites (N-methyl/N-ethyl adjacent to an activating group) is 1. The van der Waals surface area contributed by atoms with Crippen molar-refractivity contribution in [2.24, 2.45) is 0 Å². The minimum atomic E-state index is -0.0436. The van der Waals surface area contributed by atoms with Crippen molar-refractivity contribution in [1.29, 1.82) is 0 Å². The topological polar surface area (TPSA) is 61.2 Å². The number of fused-ring (bicyclic) bond motifs is 1. The molecule has 2 N–H and O–H groups in total. The molecule has 6 heteroatoms. The predicted molar refractivity (Wildman–Crippen MR) is 108 cm³/mol. The van der Waals surface area contributed by atoms with Gasteiger partial charge >= 0.3 is 0 Å². The van der Waals surface area contributed by atoms with Crippen LogP contribution in [0.4, 0.5) is 5.69 Å². The Morgan fingerprint density at radius 3 is 2.68 bits per heavy atom. The standard InChI is InChI=1S/C22H26N2O4/c1-3-11-26-19-8-5-17(6-9-19)15-24(2)16-22(25)23-18-7-10-20-21(14-18)28-13-4-12-27-20/h3,5-10,14H,1,4,11-13,15-16H2,2H3,(H,23,25)/p+1. The molecule has 0 saturated heterocycles. The summed E-state index contributed by atoms with van der Waals surface area (Å²) in [6.07, 6.45) is 2.57. The Hall–Kier alpha value is -2.99. The van der Waals surface area contributed by atoms with Gasteiger partial charge in [0.2, 0.25) is 0 Å². The van der Waals surface area contributed by atoms with Gasteiger partial charge in [-0.05, 0) is 36.4 Å². The van der Waals surface area contributed by atoms with Gasteiger partial charge in [-0.1, -0.05) is 12.7 Å². The van der Waals surface area contributed by atoms with E-state index in [4.69, 9.17) is 14.2 Å². The molecule has 0 aliphatic carbocycles. The number of nitrogens with one attached hydrogen (secondary N) is 2. The number of hydrogen-bond donors (Lipinski definition) is 2. The van der Waals surface area contributed by atoms with Crippen LogP contribution in [-0.2, 0) is 11.3 Å². The predicted octanol–water partition coefficient (Wildman–Crippen LogP) is 2.07. The maximum Gasteiger partial charge on any atom is 0.279 e. The van der Waals surface area contributed by atoms with Crippen molar-refractivity contribution in [2.45, 2.75) is 13.0 Å². The van der Waals surface area contributed by atoms with E-state index in [9.17, 15) is 4.79 Å². The van der Waals surface area contributed by atoms with Gasteiger partial charge in [0.1, 0.15) is 18.9 Å². The monoisotopic (exact) mass is 383 g/mol. The van der Waals surface area contributed by atoms with Crippen LogP contribution in [0.1, 0.15) is 12.0 Å². The average molecular weight is 383 g/mol. The molecule has 1 amide bonds. The Bertz CT molecular complexity index is 805. The maximum absolute atomic E-state index is 12.4. The molecule has 0 bridgehead atoms. The van der Waals surface area contributed by atoms with E-state index >= 15 is 0 Å². The van der Waals surface area contributed by atoms with Gasteiger partial charge in [0, 0.05) is 23.7 Å². The fourth-order valence-electron chi connectivity index (χ4n) is 2.99. The quantitative estimate of drug-likeness (QED) is 0.685. The van der Waals surface area contributed by atoms with Crippen LogP contribution in [-0.4, -0.2) is 39.3 Å². The Balaban J connectivity index is 1.50. The summed E-state index contributed by atoms with van der Waals surface area (Å²) < 4.78 is 16.8. The first-order chi connectivity index (χ1) is 13.6. The van der Waals surface area contributed by atoms with E-state index in [1.807, 2.05) is 49.5 Å². The molecule has 0 fully saturated rings. The Morgan fingerprint density at radius 1 is 1.18 bits per heavy atom. The molecule has 1 atom stereocenters. The normalized spacial score (nSPS) is 13.9. The Kier molecular flexibility index (Phi) is 6.92. The Morgan fingerprint density at radius 2 is 1.93 bits per heavy atom. The first-order valence-corrected chi connectivity index (χ1v) is 9.47. The molecule has 0 aromatic heterocycles. The highest BCUT2D eigenvalue weighted by atomic mass is 16.5. The van der Waals surface area contributed by atoms with Crippen molar-refractivity contribution >= 4 is 11.6 Å². The van der Waals surface area contributed by atoms with Gasteiger partial charge in [0.15, 0.2) is 18.0 Å². The highest BCUT2D eigenvalue weighted by molar-refractivity contribution is 5.91. The highest BCUT2D eigenvalue weighted by Crippen LogP contribution is 2.32. The zero-order chi connectivity index (χ0) is 19.8. The van der Waals surface area contributed by atoms with E-state index in [0.29, 0.717) is 37.8 Å².